The first-order valence-corrected chi connectivity index (χ1v) is 9.43. The van der Waals surface area contributed by atoms with E-state index in [9.17, 15) is 18.5 Å². The smallest absolute Gasteiger partial charge is 0.338 e. The van der Waals surface area contributed by atoms with Crippen molar-refractivity contribution in [1.29, 1.82) is 0 Å². The van der Waals surface area contributed by atoms with E-state index in [1.165, 1.54) is 30.3 Å². The van der Waals surface area contributed by atoms with Crippen molar-refractivity contribution in [1.82, 2.24) is 0 Å². The van der Waals surface area contributed by atoms with Gasteiger partial charge in [-0.1, -0.05) is 28.2 Å². The lowest BCUT2D eigenvalue weighted by Crippen LogP contribution is -2.21. The second-order valence-corrected chi connectivity index (χ2v) is 7.11. The molecule has 0 aliphatic heterocycles. The molecule has 0 fully saturated rings. The number of anilines is 1. The van der Waals surface area contributed by atoms with E-state index in [-0.39, 0.29) is 16.6 Å². The maximum absolute atomic E-state index is 14.4. The van der Waals surface area contributed by atoms with E-state index in [0.29, 0.717) is 21.0 Å². The van der Waals surface area contributed by atoms with Gasteiger partial charge in [0.25, 0.3) is 5.91 Å². The summed E-state index contributed by atoms with van der Waals surface area (Å²) in [6, 6.07) is 12.7. The molecule has 0 saturated carbocycles. The number of benzene rings is 2. The molecule has 0 saturated heterocycles. The third-order valence-corrected chi connectivity index (χ3v) is 5.24. The van der Waals surface area contributed by atoms with Crippen LogP contribution < -0.4 is 5.12 Å². The summed E-state index contributed by atoms with van der Waals surface area (Å²) in [7, 11) is 0. The number of ether oxygens (including phenoxy) is 1. The molecule has 3 rings (SSSR count). The Morgan fingerprint density at radius 3 is 2.61 bits per heavy atom. The monoisotopic (exact) mass is 421 g/mol. The zero-order valence-electron chi connectivity index (χ0n) is 14.6. The third kappa shape index (κ3) is 4.05. The molecule has 3 aromatic rings. The van der Waals surface area contributed by atoms with Crippen molar-refractivity contribution in [3.8, 4) is 10.4 Å². The number of esters is 1. The molecule has 4 nitrogen and oxygen atoms in total. The van der Waals surface area contributed by atoms with Crippen molar-refractivity contribution in [3.63, 3.8) is 0 Å². The SMILES string of the molecule is CCOC(=O)c1ccc(Cl)c(-c2ccc(C(=O)N(F)c3ccccc3F)s2)c1. The Labute approximate surface area is 168 Å². The highest BCUT2D eigenvalue weighted by molar-refractivity contribution is 7.17. The first-order valence-electron chi connectivity index (χ1n) is 8.24. The molecule has 2 aromatic carbocycles. The van der Waals surface area contributed by atoms with Gasteiger partial charge < -0.3 is 4.74 Å². The minimum atomic E-state index is -1.00. The van der Waals surface area contributed by atoms with Crippen LogP contribution in [0.1, 0.15) is 27.0 Å². The first-order chi connectivity index (χ1) is 13.4. The Kier molecular flexibility index (Phi) is 6.06. The van der Waals surface area contributed by atoms with Crippen molar-refractivity contribution in [2.24, 2.45) is 0 Å². The summed E-state index contributed by atoms with van der Waals surface area (Å²) < 4.78 is 33.1. The Morgan fingerprint density at radius 2 is 1.89 bits per heavy atom. The van der Waals surface area contributed by atoms with Gasteiger partial charge >= 0.3 is 5.97 Å². The number of amides is 1. The molecule has 1 aromatic heterocycles. The summed E-state index contributed by atoms with van der Waals surface area (Å²) in [5.74, 6) is -2.35. The largest absolute Gasteiger partial charge is 0.462 e. The Morgan fingerprint density at radius 1 is 1.14 bits per heavy atom. The predicted octanol–water partition coefficient (Wildman–Crippen LogP) is 5.92. The fourth-order valence-corrected chi connectivity index (χ4v) is 3.70. The average molecular weight is 422 g/mol. The molecular weight excluding hydrogens is 408 g/mol. The number of halogens is 3. The van der Waals surface area contributed by atoms with Crippen molar-refractivity contribution in [2.75, 3.05) is 11.7 Å². The highest BCUT2D eigenvalue weighted by Crippen LogP contribution is 2.35. The number of para-hydroxylation sites is 1. The minimum absolute atomic E-state index is 0.0540. The summed E-state index contributed by atoms with van der Waals surface area (Å²) in [4.78, 5) is 24.9. The van der Waals surface area contributed by atoms with Crippen LogP contribution in [0.2, 0.25) is 5.02 Å². The number of hydrogen-bond acceptors (Lipinski definition) is 4. The summed E-state index contributed by atoms with van der Waals surface area (Å²) in [6.45, 7) is 1.93. The van der Waals surface area contributed by atoms with Gasteiger partial charge in [-0.2, -0.15) is 0 Å². The zero-order chi connectivity index (χ0) is 20.3. The van der Waals surface area contributed by atoms with Crippen LogP contribution in [0.25, 0.3) is 10.4 Å². The lowest BCUT2D eigenvalue weighted by Gasteiger charge is -2.11. The maximum atomic E-state index is 14.4. The zero-order valence-corrected chi connectivity index (χ0v) is 16.2. The van der Waals surface area contributed by atoms with Crippen LogP contribution in [-0.4, -0.2) is 18.5 Å². The second kappa shape index (κ2) is 8.50. The van der Waals surface area contributed by atoms with Crippen molar-refractivity contribution >= 4 is 40.5 Å². The lowest BCUT2D eigenvalue weighted by atomic mass is 10.1. The second-order valence-electron chi connectivity index (χ2n) is 5.62. The van der Waals surface area contributed by atoms with E-state index in [1.807, 2.05) is 0 Å². The molecule has 0 N–H and O–H groups in total. The van der Waals surface area contributed by atoms with Gasteiger partial charge in [0.1, 0.15) is 11.5 Å². The van der Waals surface area contributed by atoms with Gasteiger partial charge in [0, 0.05) is 15.5 Å². The van der Waals surface area contributed by atoms with Crippen LogP contribution in [-0.2, 0) is 4.74 Å². The van der Waals surface area contributed by atoms with Crippen LogP contribution in [0.15, 0.2) is 54.6 Å². The van der Waals surface area contributed by atoms with Crippen LogP contribution in [0.4, 0.5) is 14.6 Å². The normalized spacial score (nSPS) is 10.6. The van der Waals surface area contributed by atoms with E-state index in [0.717, 1.165) is 17.4 Å². The molecule has 0 bridgehead atoms. The molecule has 0 atom stereocenters. The minimum Gasteiger partial charge on any atom is -0.462 e. The maximum Gasteiger partial charge on any atom is 0.338 e. The number of carbonyl (C=O) groups excluding carboxylic acids is 2. The summed E-state index contributed by atoms with van der Waals surface area (Å²) in [5.41, 5.74) is 0.346. The quantitative estimate of drug-likeness (QED) is 0.379. The highest BCUT2D eigenvalue weighted by Gasteiger charge is 2.23. The fraction of sp³-hybridized carbons (Fsp3) is 0.100. The average Bonchev–Trinajstić information content (AvgIpc) is 3.17. The van der Waals surface area contributed by atoms with Crippen molar-refractivity contribution in [2.45, 2.75) is 6.92 Å². The third-order valence-electron chi connectivity index (χ3n) is 3.80. The standard InChI is InChI=1S/C20H14ClF2NO3S/c1-2-27-20(26)12-7-8-14(21)13(11-12)17-9-10-18(28-17)19(25)24(23)16-6-4-3-5-15(16)22/h3-11H,2H2,1H3. The van der Waals surface area contributed by atoms with Crippen LogP contribution in [0.5, 0.6) is 0 Å². The van der Waals surface area contributed by atoms with Crippen LogP contribution in [0, 0.1) is 5.82 Å². The molecule has 0 radical (unpaired) electrons. The van der Waals surface area contributed by atoms with E-state index in [2.05, 4.69) is 0 Å². The molecule has 0 aliphatic rings. The summed E-state index contributed by atoms with van der Waals surface area (Å²) in [6.07, 6.45) is 0. The molecule has 0 unspecified atom stereocenters. The van der Waals surface area contributed by atoms with E-state index in [1.54, 1.807) is 25.1 Å². The van der Waals surface area contributed by atoms with Gasteiger partial charge in [0.15, 0.2) is 0 Å². The predicted molar refractivity (Wildman–Crippen MR) is 105 cm³/mol. The van der Waals surface area contributed by atoms with Crippen molar-refractivity contribution in [3.05, 3.63) is 75.9 Å². The van der Waals surface area contributed by atoms with Gasteiger partial charge in [-0.05, 0) is 49.4 Å². The molecular formula is C20H14ClF2NO3S. The topological polar surface area (TPSA) is 46.6 Å². The molecule has 1 heterocycles. The van der Waals surface area contributed by atoms with E-state index in [4.69, 9.17) is 16.3 Å². The molecule has 0 spiro atoms. The van der Waals surface area contributed by atoms with E-state index >= 15 is 0 Å². The number of rotatable bonds is 5. The fourth-order valence-electron chi connectivity index (χ4n) is 2.47. The number of carbonyl (C=O) groups is 2. The number of nitrogens with zero attached hydrogens (tertiary/aromatic N) is 1. The highest BCUT2D eigenvalue weighted by atomic mass is 35.5. The van der Waals surface area contributed by atoms with Gasteiger partial charge in [-0.3, -0.25) is 4.79 Å². The Balaban J connectivity index is 1.90. The molecule has 8 heteroatoms. The van der Waals surface area contributed by atoms with Gasteiger partial charge in [0.2, 0.25) is 0 Å². The van der Waals surface area contributed by atoms with Crippen LogP contribution >= 0.6 is 22.9 Å². The van der Waals surface area contributed by atoms with Crippen molar-refractivity contribution < 1.29 is 23.2 Å². The molecule has 0 aliphatic carbocycles. The van der Waals surface area contributed by atoms with Crippen LogP contribution in [0.3, 0.4) is 0 Å². The summed E-state index contributed by atoms with van der Waals surface area (Å²) in [5, 5.41) is 0.127. The first kappa shape index (κ1) is 20.0. The van der Waals surface area contributed by atoms with Gasteiger partial charge in [0.05, 0.1) is 17.0 Å². The number of hydrogen-bond donors (Lipinski definition) is 0. The van der Waals surface area contributed by atoms with Gasteiger partial charge in [-0.25, -0.2) is 9.18 Å². The van der Waals surface area contributed by atoms with E-state index < -0.39 is 23.4 Å². The Bertz CT molecular complexity index is 1040. The molecule has 144 valence electrons. The summed E-state index contributed by atoms with van der Waals surface area (Å²) >= 11 is 7.20. The Hall–Kier alpha value is -2.77. The molecule has 1 amide bonds. The number of thiophene rings is 1. The molecule has 28 heavy (non-hydrogen) atoms. The van der Waals surface area contributed by atoms with Gasteiger partial charge in [-0.15, -0.1) is 16.5 Å². The lowest BCUT2D eigenvalue weighted by molar-refractivity contribution is 0.0526.